The zero-order chi connectivity index (χ0) is 14.5. The van der Waals surface area contributed by atoms with Gasteiger partial charge in [-0.05, 0) is 17.7 Å². The first-order valence-electron chi connectivity index (χ1n) is 7.02. The van der Waals surface area contributed by atoms with Gasteiger partial charge in [-0.1, -0.05) is 42.5 Å². The Morgan fingerprint density at radius 2 is 1.91 bits per heavy atom. The van der Waals surface area contributed by atoms with E-state index in [9.17, 15) is 4.79 Å². The number of carbonyl (C=O) groups is 1. The minimum absolute atomic E-state index is 0. The summed E-state index contributed by atoms with van der Waals surface area (Å²) in [6, 6.07) is 13.9. The highest BCUT2D eigenvalue weighted by atomic mass is 35.5. The lowest BCUT2D eigenvalue weighted by molar-refractivity contribution is 0.225. The van der Waals surface area contributed by atoms with E-state index >= 15 is 0 Å². The summed E-state index contributed by atoms with van der Waals surface area (Å²) >= 11 is 0. The second-order valence-corrected chi connectivity index (χ2v) is 4.90. The van der Waals surface area contributed by atoms with Gasteiger partial charge < -0.3 is 4.90 Å². The molecule has 0 N–H and O–H groups in total. The van der Waals surface area contributed by atoms with E-state index in [1.165, 1.54) is 0 Å². The number of amides is 2. The Kier molecular flexibility index (Phi) is 5.55. The highest BCUT2D eigenvalue weighted by Gasteiger charge is 2.28. The molecule has 5 heteroatoms. The molecule has 22 heavy (non-hydrogen) atoms. The number of nitrogens with zero attached hydrogens (tertiary/aromatic N) is 3. The molecule has 0 spiro atoms. The number of anilines is 1. The molecule has 0 radical (unpaired) electrons. The number of benzene rings is 1. The molecular weight excluding hydrogens is 298 g/mol. The van der Waals surface area contributed by atoms with Crippen LogP contribution in [0, 0.1) is 0 Å². The van der Waals surface area contributed by atoms with E-state index in [0.29, 0.717) is 13.1 Å². The number of rotatable bonds is 4. The predicted octanol–water partition coefficient (Wildman–Crippen LogP) is 3.46. The number of hydrogen-bond acceptors (Lipinski definition) is 2. The summed E-state index contributed by atoms with van der Waals surface area (Å²) in [6.07, 6.45) is 7.51. The molecule has 2 amide bonds. The van der Waals surface area contributed by atoms with Gasteiger partial charge in [-0.15, -0.1) is 12.4 Å². The van der Waals surface area contributed by atoms with Crippen molar-refractivity contribution in [1.29, 1.82) is 0 Å². The molecule has 1 aliphatic heterocycles. The lowest BCUT2D eigenvalue weighted by atomic mass is 10.2. The van der Waals surface area contributed by atoms with Gasteiger partial charge in [0.2, 0.25) is 0 Å². The summed E-state index contributed by atoms with van der Waals surface area (Å²) in [5.74, 6) is 0. The van der Waals surface area contributed by atoms with Crippen LogP contribution in [0.1, 0.15) is 5.56 Å². The molecule has 0 aliphatic carbocycles. The van der Waals surface area contributed by atoms with Crippen LogP contribution < -0.4 is 4.90 Å². The predicted molar refractivity (Wildman–Crippen MR) is 91.3 cm³/mol. The fourth-order valence-corrected chi connectivity index (χ4v) is 2.39. The molecule has 1 aromatic carbocycles. The van der Waals surface area contributed by atoms with Crippen LogP contribution in [0.15, 0.2) is 60.9 Å². The fourth-order valence-electron chi connectivity index (χ4n) is 2.39. The first-order chi connectivity index (χ1) is 10.3. The van der Waals surface area contributed by atoms with Crippen LogP contribution in [-0.4, -0.2) is 35.5 Å². The van der Waals surface area contributed by atoms with Gasteiger partial charge >= 0.3 is 6.03 Å². The van der Waals surface area contributed by atoms with Crippen molar-refractivity contribution in [3.8, 4) is 0 Å². The second kappa shape index (κ2) is 7.61. The molecule has 4 nitrogen and oxygen atoms in total. The van der Waals surface area contributed by atoms with Crippen molar-refractivity contribution in [2.24, 2.45) is 0 Å². The van der Waals surface area contributed by atoms with E-state index in [-0.39, 0.29) is 18.4 Å². The minimum Gasteiger partial charge on any atom is -0.319 e. The highest BCUT2D eigenvalue weighted by molar-refractivity contribution is 5.94. The van der Waals surface area contributed by atoms with Gasteiger partial charge in [0.1, 0.15) is 0 Å². The topological polar surface area (TPSA) is 36.4 Å². The number of carbonyl (C=O) groups excluding carboxylic acids is 1. The molecule has 3 rings (SSSR count). The highest BCUT2D eigenvalue weighted by Crippen LogP contribution is 2.18. The molecule has 0 bridgehead atoms. The van der Waals surface area contributed by atoms with Gasteiger partial charge in [-0.2, -0.15) is 0 Å². The van der Waals surface area contributed by atoms with E-state index < -0.39 is 0 Å². The number of aromatic nitrogens is 1. The van der Waals surface area contributed by atoms with Crippen LogP contribution in [-0.2, 0) is 0 Å². The van der Waals surface area contributed by atoms with Crippen LogP contribution in [0.4, 0.5) is 10.5 Å². The standard InChI is InChI=1S/C17H17N3O.ClH/c21-17-19(11-5-8-15-6-2-1-3-7-15)12-13-20(17)16-9-4-10-18-14-16;/h1-10,14H,11-13H2;1H/b8-5+;. The Bertz CT molecular complexity index is 631. The Balaban J connectivity index is 0.00000176. The fraction of sp³-hybridized carbons (Fsp3) is 0.176. The van der Waals surface area contributed by atoms with Gasteiger partial charge in [0.25, 0.3) is 0 Å². The molecule has 0 atom stereocenters. The lowest BCUT2D eigenvalue weighted by Gasteiger charge is -2.17. The van der Waals surface area contributed by atoms with Crippen LogP contribution in [0.3, 0.4) is 0 Å². The molecule has 1 aliphatic rings. The molecule has 0 unspecified atom stereocenters. The quantitative estimate of drug-likeness (QED) is 0.866. The Morgan fingerprint density at radius 3 is 2.64 bits per heavy atom. The summed E-state index contributed by atoms with van der Waals surface area (Å²) in [5.41, 5.74) is 2.00. The third-order valence-corrected chi connectivity index (χ3v) is 3.49. The van der Waals surface area contributed by atoms with Crippen LogP contribution in [0.2, 0.25) is 0 Å². The number of hydrogen-bond donors (Lipinski definition) is 0. The molecule has 2 aromatic rings. The number of halogens is 1. The van der Waals surface area contributed by atoms with E-state index in [1.54, 1.807) is 17.3 Å². The van der Waals surface area contributed by atoms with Crippen LogP contribution in [0.25, 0.3) is 6.08 Å². The molecule has 114 valence electrons. The van der Waals surface area contributed by atoms with Gasteiger partial charge in [0.05, 0.1) is 11.9 Å². The summed E-state index contributed by atoms with van der Waals surface area (Å²) < 4.78 is 0. The van der Waals surface area contributed by atoms with Crippen molar-refractivity contribution in [2.45, 2.75) is 0 Å². The third-order valence-electron chi connectivity index (χ3n) is 3.49. The second-order valence-electron chi connectivity index (χ2n) is 4.90. The van der Waals surface area contributed by atoms with Gasteiger partial charge in [-0.3, -0.25) is 9.88 Å². The monoisotopic (exact) mass is 315 g/mol. The van der Waals surface area contributed by atoms with Crippen molar-refractivity contribution >= 4 is 30.2 Å². The Labute approximate surface area is 136 Å². The van der Waals surface area contributed by atoms with E-state index in [1.807, 2.05) is 59.5 Å². The first kappa shape index (κ1) is 16.0. The molecule has 1 fully saturated rings. The van der Waals surface area contributed by atoms with Gasteiger partial charge in [0, 0.05) is 25.8 Å². The van der Waals surface area contributed by atoms with E-state index in [2.05, 4.69) is 4.98 Å². The zero-order valence-corrected chi connectivity index (χ0v) is 12.9. The van der Waals surface area contributed by atoms with Crippen molar-refractivity contribution < 1.29 is 4.79 Å². The van der Waals surface area contributed by atoms with E-state index in [0.717, 1.165) is 17.8 Å². The zero-order valence-electron chi connectivity index (χ0n) is 12.1. The first-order valence-corrected chi connectivity index (χ1v) is 7.02. The summed E-state index contributed by atoms with van der Waals surface area (Å²) in [4.78, 5) is 20.0. The minimum atomic E-state index is 0. The van der Waals surface area contributed by atoms with E-state index in [4.69, 9.17) is 0 Å². The largest absolute Gasteiger partial charge is 0.324 e. The number of pyridine rings is 1. The molecule has 1 saturated heterocycles. The average molecular weight is 316 g/mol. The maximum absolute atomic E-state index is 12.3. The number of urea groups is 1. The van der Waals surface area contributed by atoms with Crippen molar-refractivity contribution in [3.05, 3.63) is 66.5 Å². The van der Waals surface area contributed by atoms with Crippen molar-refractivity contribution in [1.82, 2.24) is 9.88 Å². The Hall–Kier alpha value is -2.33. The van der Waals surface area contributed by atoms with Crippen LogP contribution >= 0.6 is 12.4 Å². The van der Waals surface area contributed by atoms with Crippen LogP contribution in [0.5, 0.6) is 0 Å². The normalized spacial score (nSPS) is 14.5. The smallest absolute Gasteiger partial charge is 0.319 e. The third kappa shape index (κ3) is 3.65. The molecule has 0 saturated carbocycles. The lowest BCUT2D eigenvalue weighted by Crippen LogP contribution is -2.31. The maximum atomic E-state index is 12.3. The van der Waals surface area contributed by atoms with Gasteiger partial charge in [0.15, 0.2) is 0 Å². The molecule has 1 aromatic heterocycles. The van der Waals surface area contributed by atoms with Gasteiger partial charge in [-0.25, -0.2) is 4.79 Å². The summed E-state index contributed by atoms with van der Waals surface area (Å²) in [7, 11) is 0. The summed E-state index contributed by atoms with van der Waals surface area (Å²) in [6.45, 7) is 2.08. The summed E-state index contributed by atoms with van der Waals surface area (Å²) in [5, 5.41) is 0. The SMILES string of the molecule is Cl.O=C1N(C/C=C/c2ccccc2)CCN1c1cccnc1. The maximum Gasteiger partial charge on any atom is 0.324 e. The molecule has 2 heterocycles. The van der Waals surface area contributed by atoms with Crippen molar-refractivity contribution in [2.75, 3.05) is 24.5 Å². The Morgan fingerprint density at radius 1 is 1.09 bits per heavy atom. The molecular formula is C17H18ClN3O. The van der Waals surface area contributed by atoms with Crippen molar-refractivity contribution in [3.63, 3.8) is 0 Å². The average Bonchev–Trinajstić information content (AvgIpc) is 2.90.